The van der Waals surface area contributed by atoms with Crippen LogP contribution in [0.15, 0.2) is 36.4 Å². The number of carbonyl (C=O) groups is 2. The molecule has 0 amide bonds. The van der Waals surface area contributed by atoms with Gasteiger partial charge in [0.05, 0.1) is 40.6 Å². The maximum atomic E-state index is 13.3. The van der Waals surface area contributed by atoms with Gasteiger partial charge in [0.1, 0.15) is 18.0 Å². The summed E-state index contributed by atoms with van der Waals surface area (Å²) in [6.07, 6.45) is 3.85. The molecule has 6 rings (SSSR count). The van der Waals surface area contributed by atoms with Gasteiger partial charge >= 0.3 is 11.9 Å². The zero-order valence-corrected chi connectivity index (χ0v) is 27.2. The Labute approximate surface area is 268 Å². The SMILES string of the molecule is COc1ccc2c3c([nH]c2c1)C1CC2C(CN1CC3)C(OC(=O)C=Cc1cc(OC)c(OC)c(OC)c1)CC(OC)C2OC(C)=O. The summed E-state index contributed by atoms with van der Waals surface area (Å²) in [5, 5.41) is 1.21. The number of methoxy groups -OCH3 is 5. The molecule has 0 spiro atoms. The fourth-order valence-electron chi connectivity index (χ4n) is 7.71. The molecule has 6 unspecified atom stereocenters. The first-order valence-electron chi connectivity index (χ1n) is 15.6. The molecule has 11 heteroatoms. The van der Waals surface area contributed by atoms with Crippen LogP contribution in [0.1, 0.15) is 42.6 Å². The number of fused-ring (bicyclic) bond motifs is 6. The number of esters is 2. The second-order valence-electron chi connectivity index (χ2n) is 12.1. The van der Waals surface area contributed by atoms with Crippen LogP contribution in [-0.4, -0.2) is 88.8 Å². The summed E-state index contributed by atoms with van der Waals surface area (Å²) in [6, 6.07) is 9.78. The van der Waals surface area contributed by atoms with Crippen LogP contribution in [0.25, 0.3) is 17.0 Å². The molecule has 3 aliphatic rings. The van der Waals surface area contributed by atoms with Crippen LogP contribution < -0.4 is 18.9 Å². The van der Waals surface area contributed by atoms with E-state index in [4.69, 9.17) is 33.2 Å². The van der Waals surface area contributed by atoms with Crippen LogP contribution in [0.3, 0.4) is 0 Å². The Morgan fingerprint density at radius 1 is 0.891 bits per heavy atom. The first kappa shape index (κ1) is 31.7. The number of aromatic nitrogens is 1. The third kappa shape index (κ3) is 5.89. The first-order chi connectivity index (χ1) is 22.3. The standard InChI is InChI=1S/C35H42N2O9/c1-19(38)45-34-24-16-27-33-23(22-9-8-21(40-2)15-26(22)36-33)11-12-37(27)18-25(24)28(17-31(34)43-5)46-32(39)10-7-20-13-29(41-3)35(44-6)30(14-20)42-4/h7-10,13-15,24-25,27-28,31,34,36H,11-12,16-18H2,1-6H3. The Morgan fingerprint density at radius 3 is 2.30 bits per heavy atom. The number of H-pyrrole nitrogens is 1. The summed E-state index contributed by atoms with van der Waals surface area (Å²) in [4.78, 5) is 31.7. The van der Waals surface area contributed by atoms with Crippen molar-refractivity contribution in [3.63, 3.8) is 0 Å². The predicted octanol–water partition coefficient (Wildman–Crippen LogP) is 4.71. The van der Waals surface area contributed by atoms with Crippen molar-refractivity contribution in [2.75, 3.05) is 48.6 Å². The highest BCUT2D eigenvalue weighted by Crippen LogP contribution is 2.49. The van der Waals surface area contributed by atoms with Crippen molar-refractivity contribution in [2.45, 2.75) is 50.5 Å². The van der Waals surface area contributed by atoms with Crippen LogP contribution in [0.2, 0.25) is 0 Å². The fraction of sp³-hybridized carbons (Fsp3) is 0.486. The average Bonchev–Trinajstić information content (AvgIpc) is 3.45. The number of hydrogen-bond acceptors (Lipinski definition) is 10. The normalized spacial score (nSPS) is 25.7. The van der Waals surface area contributed by atoms with Crippen molar-refractivity contribution >= 4 is 28.9 Å². The van der Waals surface area contributed by atoms with Crippen molar-refractivity contribution in [2.24, 2.45) is 11.8 Å². The molecule has 0 radical (unpaired) electrons. The molecule has 46 heavy (non-hydrogen) atoms. The number of carbonyl (C=O) groups excluding carboxylic acids is 2. The first-order valence-corrected chi connectivity index (χ1v) is 15.6. The molecule has 0 bridgehead atoms. The number of ether oxygens (including phenoxy) is 7. The van der Waals surface area contributed by atoms with Crippen LogP contribution >= 0.6 is 0 Å². The lowest BCUT2D eigenvalue weighted by Crippen LogP contribution is -2.59. The monoisotopic (exact) mass is 634 g/mol. The van der Waals surface area contributed by atoms with E-state index >= 15 is 0 Å². The van der Waals surface area contributed by atoms with Gasteiger partial charge in [-0.15, -0.1) is 0 Å². The smallest absolute Gasteiger partial charge is 0.331 e. The fourth-order valence-corrected chi connectivity index (χ4v) is 7.71. The van der Waals surface area contributed by atoms with E-state index in [-0.39, 0.29) is 23.8 Å². The highest BCUT2D eigenvalue weighted by molar-refractivity contribution is 5.88. The molecular formula is C35H42N2O9. The number of nitrogens with zero attached hydrogens (tertiary/aromatic N) is 1. The Hall–Kier alpha value is -4.22. The van der Waals surface area contributed by atoms with Crippen LogP contribution in [0.5, 0.6) is 23.0 Å². The Morgan fingerprint density at radius 2 is 1.65 bits per heavy atom. The van der Waals surface area contributed by atoms with Gasteiger partial charge < -0.3 is 38.1 Å². The predicted molar refractivity (Wildman–Crippen MR) is 170 cm³/mol. The summed E-state index contributed by atoms with van der Waals surface area (Å²) >= 11 is 0. The summed E-state index contributed by atoms with van der Waals surface area (Å²) in [7, 11) is 7.91. The van der Waals surface area contributed by atoms with E-state index in [1.54, 1.807) is 46.6 Å². The van der Waals surface area contributed by atoms with Gasteiger partial charge in [-0.3, -0.25) is 9.69 Å². The van der Waals surface area contributed by atoms with Crippen LogP contribution in [0, 0.1) is 11.8 Å². The van der Waals surface area contributed by atoms with Crippen molar-refractivity contribution in [1.29, 1.82) is 0 Å². The van der Waals surface area contributed by atoms with Gasteiger partial charge in [-0.2, -0.15) is 0 Å². The van der Waals surface area contributed by atoms with E-state index in [2.05, 4.69) is 16.0 Å². The number of hydrogen-bond donors (Lipinski definition) is 1. The van der Waals surface area contributed by atoms with Gasteiger partial charge in [-0.25, -0.2) is 4.79 Å². The van der Waals surface area contributed by atoms with E-state index < -0.39 is 24.3 Å². The number of nitrogens with one attached hydrogen (secondary N) is 1. The molecule has 6 atom stereocenters. The Bertz CT molecular complexity index is 1610. The third-order valence-electron chi connectivity index (χ3n) is 9.76. The van der Waals surface area contributed by atoms with Gasteiger partial charge in [0.25, 0.3) is 0 Å². The molecule has 2 aromatic carbocycles. The molecule has 1 saturated carbocycles. The van der Waals surface area contributed by atoms with Crippen LogP contribution in [-0.2, 0) is 30.2 Å². The summed E-state index contributed by atoms with van der Waals surface area (Å²) in [5.74, 6) is 1.31. The van der Waals surface area contributed by atoms with Gasteiger partial charge in [-0.1, -0.05) is 0 Å². The number of piperidine rings is 1. The van der Waals surface area contributed by atoms with E-state index in [1.807, 2.05) is 12.1 Å². The lowest BCUT2D eigenvalue weighted by atomic mass is 9.67. The quantitative estimate of drug-likeness (QED) is 0.262. The third-order valence-corrected chi connectivity index (χ3v) is 9.76. The number of rotatable bonds is 9. The van der Waals surface area contributed by atoms with Gasteiger partial charge in [0.15, 0.2) is 11.5 Å². The average molecular weight is 635 g/mol. The van der Waals surface area contributed by atoms with Gasteiger partial charge in [0, 0.05) is 74.1 Å². The van der Waals surface area contributed by atoms with Gasteiger partial charge in [-0.05, 0) is 54.3 Å². The second kappa shape index (κ2) is 13.3. The molecule has 2 fully saturated rings. The summed E-state index contributed by atoms with van der Waals surface area (Å²) in [6.45, 7) is 3.02. The van der Waals surface area contributed by atoms with E-state index in [0.29, 0.717) is 35.8 Å². The zero-order chi connectivity index (χ0) is 32.5. The maximum absolute atomic E-state index is 13.3. The maximum Gasteiger partial charge on any atom is 0.331 e. The van der Waals surface area contributed by atoms with E-state index in [9.17, 15) is 9.59 Å². The summed E-state index contributed by atoms with van der Waals surface area (Å²) in [5.41, 5.74) is 4.25. The molecule has 246 valence electrons. The van der Waals surface area contributed by atoms with Crippen molar-refractivity contribution in [3.8, 4) is 23.0 Å². The largest absolute Gasteiger partial charge is 0.497 e. The lowest BCUT2D eigenvalue weighted by molar-refractivity contribution is -0.196. The van der Waals surface area contributed by atoms with E-state index in [0.717, 1.165) is 30.7 Å². The summed E-state index contributed by atoms with van der Waals surface area (Å²) < 4.78 is 39.8. The minimum absolute atomic E-state index is 0.0449. The molecule has 1 saturated heterocycles. The highest BCUT2D eigenvalue weighted by Gasteiger charge is 2.53. The molecular weight excluding hydrogens is 592 g/mol. The molecule has 3 aromatic rings. The van der Waals surface area contributed by atoms with E-state index in [1.165, 1.54) is 36.8 Å². The zero-order valence-electron chi connectivity index (χ0n) is 27.2. The second-order valence-corrected chi connectivity index (χ2v) is 12.1. The van der Waals surface area contributed by atoms with Crippen LogP contribution in [0.4, 0.5) is 0 Å². The van der Waals surface area contributed by atoms with Crippen molar-refractivity contribution in [3.05, 3.63) is 53.2 Å². The molecule has 1 aromatic heterocycles. The Balaban J connectivity index is 1.26. The van der Waals surface area contributed by atoms with Crippen molar-refractivity contribution in [1.82, 2.24) is 9.88 Å². The molecule has 3 heterocycles. The minimum Gasteiger partial charge on any atom is -0.497 e. The molecule has 1 aliphatic carbocycles. The number of benzene rings is 2. The molecule has 1 N–H and O–H groups in total. The van der Waals surface area contributed by atoms with Crippen molar-refractivity contribution < 1.29 is 42.7 Å². The number of aromatic amines is 1. The van der Waals surface area contributed by atoms with Gasteiger partial charge in [0.2, 0.25) is 5.75 Å². The molecule has 11 nitrogen and oxygen atoms in total. The Kier molecular flexibility index (Phi) is 9.15. The lowest BCUT2D eigenvalue weighted by Gasteiger charge is -2.53. The minimum atomic E-state index is -0.467. The topological polar surface area (TPSA) is 118 Å². The highest BCUT2D eigenvalue weighted by atomic mass is 16.6. The molecule has 2 aliphatic heterocycles.